The summed E-state index contributed by atoms with van der Waals surface area (Å²) < 4.78 is 22.1. The molecule has 0 aromatic carbocycles. The topological polar surface area (TPSA) is 66.0 Å². The Morgan fingerprint density at radius 3 is 2.24 bits per heavy atom. The van der Waals surface area contributed by atoms with E-state index in [1.807, 2.05) is 27.7 Å². The van der Waals surface area contributed by atoms with Gasteiger partial charge in [-0.2, -0.15) is 0 Å². The summed E-state index contributed by atoms with van der Waals surface area (Å²) in [6.07, 6.45) is -0.568. The summed E-state index contributed by atoms with van der Waals surface area (Å²) in [4.78, 5) is 11.7. The summed E-state index contributed by atoms with van der Waals surface area (Å²) in [5.74, 6) is 0. The fraction of sp³-hybridized carbons (Fsp3) is 0.929. The number of carbonyl (C=O) groups is 1. The molecule has 0 saturated carbocycles. The Morgan fingerprint density at radius 1 is 1.19 bits per heavy atom. The van der Waals surface area contributed by atoms with Crippen LogP contribution >= 0.6 is 22.6 Å². The molecule has 0 aromatic rings. The first-order valence-corrected chi connectivity index (χ1v) is 8.37. The van der Waals surface area contributed by atoms with E-state index in [2.05, 4.69) is 27.9 Å². The number of carbonyl (C=O) groups excluding carboxylic acids is 1. The third-order valence-electron chi connectivity index (χ3n) is 2.59. The fourth-order valence-corrected chi connectivity index (χ4v) is 1.86. The van der Waals surface area contributed by atoms with E-state index >= 15 is 0 Å². The molecule has 0 aromatic heterocycles. The maximum absolute atomic E-state index is 11.7. The van der Waals surface area contributed by atoms with E-state index in [9.17, 15) is 4.79 Å². The van der Waals surface area contributed by atoms with Gasteiger partial charge in [0, 0.05) is 18.6 Å². The standard InChI is InChI=1S/C14H28INO5/c1-13(2,3)21-12(17)16-10-14(4,9-15)20-8-11(19-6)7-18-5/h11H,7-10H2,1-6H3,(H,16,17). The second-order valence-electron chi connectivity index (χ2n) is 6.06. The minimum absolute atomic E-state index is 0.126. The number of alkyl halides is 1. The zero-order valence-corrected chi connectivity index (χ0v) is 16.0. The van der Waals surface area contributed by atoms with Gasteiger partial charge in [-0.3, -0.25) is 0 Å². The number of rotatable bonds is 9. The third kappa shape index (κ3) is 10.3. The highest BCUT2D eigenvalue weighted by Gasteiger charge is 2.27. The van der Waals surface area contributed by atoms with Crippen molar-refractivity contribution in [2.45, 2.75) is 45.0 Å². The van der Waals surface area contributed by atoms with Gasteiger partial charge in [0.25, 0.3) is 0 Å². The predicted octanol–water partition coefficient (Wildman–Crippen LogP) is 2.38. The van der Waals surface area contributed by atoms with Gasteiger partial charge in [0.1, 0.15) is 11.7 Å². The highest BCUT2D eigenvalue weighted by molar-refractivity contribution is 14.1. The summed E-state index contributed by atoms with van der Waals surface area (Å²) in [5, 5.41) is 2.74. The summed E-state index contributed by atoms with van der Waals surface area (Å²) in [6, 6.07) is 0. The first kappa shape index (κ1) is 20.9. The lowest BCUT2D eigenvalue weighted by Crippen LogP contribution is -2.47. The molecule has 0 radical (unpaired) electrons. The Hall–Kier alpha value is -0.120. The minimum Gasteiger partial charge on any atom is -0.444 e. The molecule has 2 atom stereocenters. The van der Waals surface area contributed by atoms with E-state index in [1.54, 1.807) is 14.2 Å². The Labute approximate surface area is 141 Å². The van der Waals surface area contributed by atoms with Crippen LogP contribution in [0, 0.1) is 0 Å². The van der Waals surface area contributed by atoms with Crippen molar-refractivity contribution in [3.05, 3.63) is 0 Å². The molecular weight excluding hydrogens is 389 g/mol. The molecule has 0 aliphatic carbocycles. The van der Waals surface area contributed by atoms with Crippen LogP contribution in [0.25, 0.3) is 0 Å². The number of alkyl carbamates (subject to hydrolysis) is 1. The molecule has 21 heavy (non-hydrogen) atoms. The number of nitrogens with one attached hydrogen (secondary N) is 1. The molecule has 0 heterocycles. The molecule has 0 saturated heterocycles. The van der Waals surface area contributed by atoms with Gasteiger partial charge < -0.3 is 24.3 Å². The zero-order chi connectivity index (χ0) is 16.5. The van der Waals surface area contributed by atoms with Crippen LogP contribution in [0.1, 0.15) is 27.7 Å². The van der Waals surface area contributed by atoms with Gasteiger partial charge in [-0.1, -0.05) is 22.6 Å². The Kier molecular flexibility index (Phi) is 9.75. The number of halogens is 1. The quantitative estimate of drug-likeness (QED) is 0.461. The van der Waals surface area contributed by atoms with Gasteiger partial charge in [0.2, 0.25) is 0 Å². The molecule has 0 aliphatic heterocycles. The van der Waals surface area contributed by atoms with Crippen molar-refractivity contribution < 1.29 is 23.7 Å². The maximum Gasteiger partial charge on any atom is 0.407 e. The van der Waals surface area contributed by atoms with Crippen molar-refractivity contribution >= 4 is 28.7 Å². The van der Waals surface area contributed by atoms with E-state index in [1.165, 1.54) is 0 Å². The van der Waals surface area contributed by atoms with Gasteiger partial charge in [-0.15, -0.1) is 0 Å². The molecule has 7 heteroatoms. The molecule has 0 fully saturated rings. The lowest BCUT2D eigenvalue weighted by molar-refractivity contribution is -0.0825. The Morgan fingerprint density at radius 2 is 1.81 bits per heavy atom. The van der Waals surface area contributed by atoms with Gasteiger partial charge in [-0.05, 0) is 27.7 Å². The molecule has 0 aliphatic rings. The first-order valence-electron chi connectivity index (χ1n) is 6.84. The highest BCUT2D eigenvalue weighted by Crippen LogP contribution is 2.15. The van der Waals surface area contributed by atoms with Crippen LogP contribution in [-0.2, 0) is 18.9 Å². The first-order chi connectivity index (χ1) is 9.65. The van der Waals surface area contributed by atoms with Crippen LogP contribution in [0.4, 0.5) is 4.79 Å². The van der Waals surface area contributed by atoms with Crippen LogP contribution in [0.5, 0.6) is 0 Å². The van der Waals surface area contributed by atoms with Crippen molar-refractivity contribution in [3.63, 3.8) is 0 Å². The maximum atomic E-state index is 11.7. The van der Waals surface area contributed by atoms with Crippen molar-refractivity contribution in [2.75, 3.05) is 38.4 Å². The fourth-order valence-electron chi connectivity index (χ4n) is 1.37. The second-order valence-corrected chi connectivity index (χ2v) is 6.83. The molecule has 0 bridgehead atoms. The average Bonchev–Trinajstić information content (AvgIpc) is 2.39. The van der Waals surface area contributed by atoms with Crippen LogP contribution in [0.2, 0.25) is 0 Å². The van der Waals surface area contributed by atoms with E-state index in [0.717, 1.165) is 4.43 Å². The van der Waals surface area contributed by atoms with Crippen molar-refractivity contribution in [1.82, 2.24) is 5.32 Å². The Bertz CT molecular complexity index is 308. The SMILES string of the molecule is COCC(COC(C)(CI)CNC(=O)OC(C)(C)C)OC. The van der Waals surface area contributed by atoms with Crippen LogP contribution in [-0.4, -0.2) is 61.8 Å². The molecule has 2 unspecified atom stereocenters. The molecule has 6 nitrogen and oxygen atoms in total. The monoisotopic (exact) mass is 417 g/mol. The average molecular weight is 417 g/mol. The lowest BCUT2D eigenvalue weighted by Gasteiger charge is -2.30. The summed E-state index contributed by atoms with van der Waals surface area (Å²) in [6.45, 7) is 8.66. The molecule has 0 spiro atoms. The van der Waals surface area contributed by atoms with Gasteiger partial charge in [0.05, 0.1) is 25.4 Å². The number of amides is 1. The van der Waals surface area contributed by atoms with Crippen LogP contribution < -0.4 is 5.32 Å². The van der Waals surface area contributed by atoms with Crippen molar-refractivity contribution in [1.29, 1.82) is 0 Å². The number of methoxy groups -OCH3 is 2. The Balaban J connectivity index is 4.30. The highest BCUT2D eigenvalue weighted by atomic mass is 127. The summed E-state index contributed by atoms with van der Waals surface area (Å²) in [5.41, 5.74) is -0.993. The summed E-state index contributed by atoms with van der Waals surface area (Å²) >= 11 is 2.23. The minimum atomic E-state index is -0.509. The molecular formula is C14H28INO5. The third-order valence-corrected chi connectivity index (χ3v) is 4.21. The molecule has 1 amide bonds. The summed E-state index contributed by atoms with van der Waals surface area (Å²) in [7, 11) is 3.24. The van der Waals surface area contributed by atoms with Crippen molar-refractivity contribution in [3.8, 4) is 0 Å². The van der Waals surface area contributed by atoms with Crippen LogP contribution in [0.3, 0.4) is 0 Å². The number of hydrogen-bond donors (Lipinski definition) is 1. The molecule has 126 valence electrons. The van der Waals surface area contributed by atoms with Gasteiger partial charge in [0.15, 0.2) is 0 Å². The molecule has 0 rings (SSSR count). The molecule has 1 N–H and O–H groups in total. The largest absolute Gasteiger partial charge is 0.444 e. The normalized spacial score (nSPS) is 16.1. The lowest BCUT2D eigenvalue weighted by atomic mass is 10.1. The van der Waals surface area contributed by atoms with E-state index in [-0.39, 0.29) is 6.10 Å². The smallest absolute Gasteiger partial charge is 0.407 e. The predicted molar refractivity (Wildman–Crippen MR) is 90.2 cm³/mol. The number of hydrogen-bond acceptors (Lipinski definition) is 5. The van der Waals surface area contributed by atoms with Gasteiger partial charge in [-0.25, -0.2) is 4.79 Å². The van der Waals surface area contributed by atoms with Gasteiger partial charge >= 0.3 is 6.09 Å². The van der Waals surface area contributed by atoms with E-state index in [4.69, 9.17) is 18.9 Å². The second kappa shape index (κ2) is 9.81. The van der Waals surface area contributed by atoms with E-state index in [0.29, 0.717) is 19.8 Å². The van der Waals surface area contributed by atoms with Crippen LogP contribution in [0.15, 0.2) is 0 Å². The van der Waals surface area contributed by atoms with E-state index < -0.39 is 17.3 Å². The van der Waals surface area contributed by atoms with Crippen molar-refractivity contribution in [2.24, 2.45) is 0 Å². The number of ether oxygens (including phenoxy) is 4. The zero-order valence-electron chi connectivity index (χ0n) is 13.8.